The number of hydrogen-bond donors (Lipinski definition) is 4. The summed E-state index contributed by atoms with van der Waals surface area (Å²) in [6, 6.07) is 0. The summed E-state index contributed by atoms with van der Waals surface area (Å²) in [6.45, 7) is 6.09. The van der Waals surface area contributed by atoms with Crippen LogP contribution < -0.4 is 0 Å². The van der Waals surface area contributed by atoms with Gasteiger partial charge in [-0.2, -0.15) is 0 Å². The lowest BCUT2D eigenvalue weighted by Gasteiger charge is -2.38. The highest BCUT2D eigenvalue weighted by Gasteiger charge is 2.45. The number of allylic oxidation sites excluding steroid dienone is 3. The smallest absolute Gasteiger partial charge is 0.0602 e. The minimum absolute atomic E-state index is 0.202. The topological polar surface area (TPSA) is 80.9 Å². The highest BCUT2D eigenvalue weighted by molar-refractivity contribution is 5.25. The van der Waals surface area contributed by atoms with E-state index in [9.17, 15) is 20.4 Å². The number of aliphatic hydroxyl groups is 4. The second-order valence-corrected chi connectivity index (χ2v) is 10.7. The van der Waals surface area contributed by atoms with E-state index in [1.807, 2.05) is 13.8 Å². The molecule has 0 bridgehead atoms. The Hall–Kier alpha value is -0.680. The molecule has 0 saturated heterocycles. The molecule has 0 aromatic carbocycles. The summed E-state index contributed by atoms with van der Waals surface area (Å²) in [4.78, 5) is 0. The third kappa shape index (κ3) is 6.16. The molecule has 0 spiro atoms. The second-order valence-electron chi connectivity index (χ2n) is 10.7. The number of rotatable bonds is 6. The maximum absolute atomic E-state index is 10.8. The van der Waals surface area contributed by atoms with E-state index in [4.69, 9.17) is 0 Å². The van der Waals surface area contributed by atoms with Crippen molar-refractivity contribution < 1.29 is 20.4 Å². The molecule has 0 aromatic heterocycles. The van der Waals surface area contributed by atoms with Crippen molar-refractivity contribution >= 4 is 0 Å². The summed E-state index contributed by atoms with van der Waals surface area (Å²) in [7, 11) is 0. The molecule has 3 fully saturated rings. The molecule has 3 saturated carbocycles. The zero-order valence-corrected chi connectivity index (χ0v) is 18.6. The van der Waals surface area contributed by atoms with Crippen molar-refractivity contribution in [3.8, 4) is 0 Å². The van der Waals surface area contributed by atoms with E-state index < -0.39 is 17.8 Å². The maximum Gasteiger partial charge on any atom is 0.0602 e. The van der Waals surface area contributed by atoms with Gasteiger partial charge in [-0.25, -0.2) is 0 Å². The molecule has 0 heterocycles. The zero-order valence-electron chi connectivity index (χ0n) is 18.6. The summed E-state index contributed by atoms with van der Waals surface area (Å²) in [5.74, 6) is 1.96. The van der Waals surface area contributed by atoms with E-state index in [-0.39, 0.29) is 6.10 Å². The summed E-state index contributed by atoms with van der Waals surface area (Å²) < 4.78 is 0. The quantitative estimate of drug-likeness (QED) is 0.535. The molecule has 0 amide bonds. The lowest BCUT2D eigenvalue weighted by atomic mass is 9.69. The van der Waals surface area contributed by atoms with Crippen LogP contribution >= 0.6 is 0 Å². The molecule has 3 rings (SSSR count). The van der Waals surface area contributed by atoms with E-state index in [1.165, 1.54) is 12.0 Å². The van der Waals surface area contributed by atoms with Crippen LogP contribution in [0.1, 0.15) is 85.0 Å². The van der Waals surface area contributed by atoms with Crippen molar-refractivity contribution in [2.45, 2.75) is 109 Å². The standard InChI is InChI=1S/C25H42O4/c1-16(5-4-12-25(2,3)29)21-9-10-22-18(8-11-23(28)24(21)22)7-6-17-13-19(26)15-20(27)14-17/h6-7,16,19-24,26-29H,4-5,8-15H2,1-3H3/t16-,19-,20-,21-,22+,23+,24-/m1/s1. The fraction of sp³-hybridized carbons (Fsp3) is 0.840. The molecule has 29 heavy (non-hydrogen) atoms. The predicted octanol–water partition coefficient (Wildman–Crippen LogP) is 4.12. The van der Waals surface area contributed by atoms with Gasteiger partial charge in [0.25, 0.3) is 0 Å². The van der Waals surface area contributed by atoms with Crippen LogP contribution in [-0.4, -0.2) is 44.3 Å². The van der Waals surface area contributed by atoms with Crippen LogP contribution in [0.25, 0.3) is 0 Å². The van der Waals surface area contributed by atoms with E-state index in [0.29, 0.717) is 42.9 Å². The second kappa shape index (κ2) is 9.64. The molecule has 166 valence electrons. The number of fused-ring (bicyclic) bond motifs is 1. The average Bonchev–Trinajstić information content (AvgIpc) is 3.05. The van der Waals surface area contributed by atoms with Crippen LogP contribution in [0.4, 0.5) is 0 Å². The van der Waals surface area contributed by atoms with Gasteiger partial charge in [-0.3, -0.25) is 0 Å². The molecule has 3 aliphatic carbocycles. The molecular weight excluding hydrogens is 364 g/mol. The summed E-state index contributed by atoms with van der Waals surface area (Å²) in [5.41, 5.74) is 2.00. The van der Waals surface area contributed by atoms with Gasteiger partial charge in [0.15, 0.2) is 0 Å². The van der Waals surface area contributed by atoms with Gasteiger partial charge in [-0.15, -0.1) is 0 Å². The van der Waals surface area contributed by atoms with Crippen LogP contribution in [0.5, 0.6) is 0 Å². The molecule has 0 aliphatic heterocycles. The minimum Gasteiger partial charge on any atom is -0.393 e. The maximum atomic E-state index is 10.8. The van der Waals surface area contributed by atoms with Crippen molar-refractivity contribution in [2.75, 3.05) is 0 Å². The summed E-state index contributed by atoms with van der Waals surface area (Å²) in [6.07, 6.45) is 12.3. The highest BCUT2D eigenvalue weighted by atomic mass is 16.3. The van der Waals surface area contributed by atoms with Gasteiger partial charge >= 0.3 is 0 Å². The van der Waals surface area contributed by atoms with Crippen LogP contribution in [-0.2, 0) is 0 Å². The van der Waals surface area contributed by atoms with Gasteiger partial charge in [0.2, 0.25) is 0 Å². The molecule has 3 aliphatic rings. The molecule has 4 nitrogen and oxygen atoms in total. The Morgan fingerprint density at radius 3 is 2.38 bits per heavy atom. The number of aliphatic hydroxyl groups excluding tert-OH is 3. The van der Waals surface area contributed by atoms with Crippen molar-refractivity contribution in [3.63, 3.8) is 0 Å². The Balaban J connectivity index is 1.64. The fourth-order valence-corrected chi connectivity index (χ4v) is 6.21. The molecule has 4 N–H and O–H groups in total. The van der Waals surface area contributed by atoms with Gasteiger partial charge in [0.1, 0.15) is 0 Å². The first-order valence-electron chi connectivity index (χ1n) is 11.8. The van der Waals surface area contributed by atoms with E-state index in [1.54, 1.807) is 0 Å². The van der Waals surface area contributed by atoms with Crippen molar-refractivity contribution in [2.24, 2.45) is 23.7 Å². The minimum atomic E-state index is -0.591. The van der Waals surface area contributed by atoms with E-state index in [0.717, 1.165) is 44.1 Å². The zero-order chi connectivity index (χ0) is 21.2. The SMILES string of the molecule is C[C@H](CCCC(C)(C)O)[C@H]1CC[C@H]2C(=CC=C3C[C@@H](O)C[C@H](O)C3)CC[C@H](O)[C@H]12. The third-order valence-electron chi connectivity index (χ3n) is 7.67. The Morgan fingerprint density at radius 2 is 1.72 bits per heavy atom. The van der Waals surface area contributed by atoms with Crippen LogP contribution in [0.3, 0.4) is 0 Å². The summed E-state index contributed by atoms with van der Waals surface area (Å²) >= 11 is 0. The molecular formula is C25H42O4. The average molecular weight is 407 g/mol. The molecule has 0 unspecified atom stereocenters. The first-order chi connectivity index (χ1) is 13.6. The number of hydrogen-bond acceptors (Lipinski definition) is 4. The van der Waals surface area contributed by atoms with E-state index >= 15 is 0 Å². The Bertz CT molecular complexity index is 590. The van der Waals surface area contributed by atoms with Crippen molar-refractivity contribution in [1.82, 2.24) is 0 Å². The fourth-order valence-electron chi connectivity index (χ4n) is 6.21. The first kappa shape index (κ1) is 23.0. The Morgan fingerprint density at radius 1 is 1.03 bits per heavy atom. The van der Waals surface area contributed by atoms with E-state index in [2.05, 4.69) is 19.1 Å². The Labute approximate surface area is 176 Å². The largest absolute Gasteiger partial charge is 0.393 e. The third-order valence-corrected chi connectivity index (χ3v) is 7.67. The van der Waals surface area contributed by atoms with Crippen LogP contribution in [0, 0.1) is 23.7 Å². The monoisotopic (exact) mass is 406 g/mol. The van der Waals surface area contributed by atoms with Gasteiger partial charge in [0.05, 0.1) is 23.9 Å². The highest BCUT2D eigenvalue weighted by Crippen LogP contribution is 2.51. The predicted molar refractivity (Wildman–Crippen MR) is 116 cm³/mol. The summed E-state index contributed by atoms with van der Waals surface area (Å²) in [5, 5.41) is 40.6. The molecule has 7 atom stereocenters. The lowest BCUT2D eigenvalue weighted by molar-refractivity contribution is 0.0277. The molecule has 0 aromatic rings. The molecule has 4 heteroatoms. The van der Waals surface area contributed by atoms with Gasteiger partial charge in [0, 0.05) is 0 Å². The van der Waals surface area contributed by atoms with Gasteiger partial charge in [-0.1, -0.05) is 43.1 Å². The first-order valence-corrected chi connectivity index (χ1v) is 11.8. The van der Waals surface area contributed by atoms with Gasteiger partial charge < -0.3 is 20.4 Å². The van der Waals surface area contributed by atoms with Crippen molar-refractivity contribution in [3.05, 3.63) is 23.3 Å². The lowest BCUT2D eigenvalue weighted by Crippen LogP contribution is -2.36. The normalized spacial score (nSPS) is 38.2. The van der Waals surface area contributed by atoms with Crippen LogP contribution in [0.15, 0.2) is 23.3 Å². The molecule has 0 radical (unpaired) electrons. The Kier molecular flexibility index (Phi) is 7.64. The van der Waals surface area contributed by atoms with Gasteiger partial charge in [-0.05, 0) is 88.9 Å². The van der Waals surface area contributed by atoms with Crippen LogP contribution in [0.2, 0.25) is 0 Å². The van der Waals surface area contributed by atoms with Crippen molar-refractivity contribution in [1.29, 1.82) is 0 Å².